The van der Waals surface area contributed by atoms with Crippen LogP contribution < -0.4 is 5.73 Å². The van der Waals surface area contributed by atoms with E-state index in [1.165, 1.54) is 0 Å². The van der Waals surface area contributed by atoms with E-state index < -0.39 is 0 Å². The Hall–Kier alpha value is -0.570. The maximum Gasteiger partial charge on any atom is 0.0734 e. The summed E-state index contributed by atoms with van der Waals surface area (Å²) in [7, 11) is 0. The number of ether oxygens (including phenoxy) is 1. The quantitative estimate of drug-likeness (QED) is 0.827. The van der Waals surface area contributed by atoms with E-state index in [2.05, 4.69) is 13.8 Å². The Kier molecular flexibility index (Phi) is 5.81. The van der Waals surface area contributed by atoms with E-state index in [0.29, 0.717) is 13.2 Å². The second-order valence-electron chi connectivity index (χ2n) is 4.04. The average Bonchev–Trinajstić information content (AvgIpc) is 2.27. The lowest BCUT2D eigenvalue weighted by Gasteiger charge is -2.13. The highest BCUT2D eigenvalue weighted by Crippen LogP contribution is 2.19. The first-order valence-electron chi connectivity index (χ1n) is 5.76. The molecule has 0 saturated heterocycles. The van der Waals surface area contributed by atoms with Crippen molar-refractivity contribution < 1.29 is 4.74 Å². The van der Waals surface area contributed by atoms with Crippen LogP contribution in [0, 0.1) is 0 Å². The van der Waals surface area contributed by atoms with E-state index >= 15 is 0 Å². The van der Waals surface area contributed by atoms with Crippen LogP contribution >= 0.6 is 11.6 Å². The molecule has 0 spiro atoms. The maximum absolute atomic E-state index is 6.13. The SMILES string of the molecule is CCCC(C)OCc1ccc(CN)cc1Cl. The van der Waals surface area contributed by atoms with E-state index in [1.807, 2.05) is 18.2 Å². The van der Waals surface area contributed by atoms with Crippen LogP contribution in [-0.4, -0.2) is 6.10 Å². The summed E-state index contributed by atoms with van der Waals surface area (Å²) in [5.74, 6) is 0. The van der Waals surface area contributed by atoms with Gasteiger partial charge in [0.15, 0.2) is 0 Å². The molecule has 0 aliphatic rings. The first-order valence-corrected chi connectivity index (χ1v) is 6.14. The van der Waals surface area contributed by atoms with Gasteiger partial charge in [0, 0.05) is 11.6 Å². The number of halogens is 1. The molecule has 2 N–H and O–H groups in total. The third kappa shape index (κ3) is 4.12. The van der Waals surface area contributed by atoms with Gasteiger partial charge in [0.25, 0.3) is 0 Å². The molecule has 1 unspecified atom stereocenters. The zero-order valence-electron chi connectivity index (χ0n) is 10.0. The molecule has 90 valence electrons. The first-order chi connectivity index (χ1) is 7.67. The number of rotatable bonds is 6. The Morgan fingerprint density at radius 1 is 1.44 bits per heavy atom. The normalized spacial score (nSPS) is 12.8. The van der Waals surface area contributed by atoms with Crippen LogP contribution in [0.5, 0.6) is 0 Å². The molecule has 3 heteroatoms. The molecule has 0 saturated carbocycles. The minimum atomic E-state index is 0.287. The summed E-state index contributed by atoms with van der Waals surface area (Å²) in [5.41, 5.74) is 7.62. The second-order valence-corrected chi connectivity index (χ2v) is 4.45. The van der Waals surface area contributed by atoms with Crippen molar-refractivity contribution in [2.24, 2.45) is 5.73 Å². The lowest BCUT2D eigenvalue weighted by Crippen LogP contribution is -2.07. The summed E-state index contributed by atoms with van der Waals surface area (Å²) in [6.07, 6.45) is 2.51. The molecule has 1 aromatic rings. The molecule has 0 heterocycles. The van der Waals surface area contributed by atoms with Crippen molar-refractivity contribution in [3.05, 3.63) is 34.3 Å². The van der Waals surface area contributed by atoms with Gasteiger partial charge in [0.1, 0.15) is 0 Å². The minimum absolute atomic E-state index is 0.287. The predicted octanol–water partition coefficient (Wildman–Crippen LogP) is 3.50. The van der Waals surface area contributed by atoms with Crippen LogP contribution in [0.4, 0.5) is 0 Å². The van der Waals surface area contributed by atoms with Crippen LogP contribution in [-0.2, 0) is 17.9 Å². The number of benzene rings is 1. The highest BCUT2D eigenvalue weighted by atomic mass is 35.5. The zero-order valence-corrected chi connectivity index (χ0v) is 10.8. The average molecular weight is 242 g/mol. The lowest BCUT2D eigenvalue weighted by molar-refractivity contribution is 0.0472. The van der Waals surface area contributed by atoms with Crippen molar-refractivity contribution in [3.63, 3.8) is 0 Å². The Balaban J connectivity index is 2.54. The standard InChI is InChI=1S/C13H20ClNO/c1-3-4-10(2)16-9-12-6-5-11(8-15)7-13(12)14/h5-7,10H,3-4,8-9,15H2,1-2H3. The second kappa shape index (κ2) is 6.89. The highest BCUT2D eigenvalue weighted by molar-refractivity contribution is 6.31. The van der Waals surface area contributed by atoms with E-state index in [-0.39, 0.29) is 6.10 Å². The maximum atomic E-state index is 6.13. The van der Waals surface area contributed by atoms with Gasteiger partial charge in [-0.2, -0.15) is 0 Å². The molecule has 1 atom stereocenters. The van der Waals surface area contributed by atoms with Crippen LogP contribution in [0.1, 0.15) is 37.8 Å². The number of hydrogen-bond acceptors (Lipinski definition) is 2. The molecule has 0 aliphatic heterocycles. The van der Waals surface area contributed by atoms with E-state index in [1.54, 1.807) is 0 Å². The lowest BCUT2D eigenvalue weighted by atomic mass is 10.1. The molecular formula is C13H20ClNO. The molecule has 0 aliphatic carbocycles. The summed E-state index contributed by atoms with van der Waals surface area (Å²) in [6.45, 7) is 5.34. The summed E-state index contributed by atoms with van der Waals surface area (Å²) in [5, 5.41) is 0.742. The van der Waals surface area contributed by atoms with Gasteiger partial charge in [0.2, 0.25) is 0 Å². The Morgan fingerprint density at radius 3 is 2.75 bits per heavy atom. The van der Waals surface area contributed by atoms with Gasteiger partial charge < -0.3 is 10.5 Å². The molecule has 0 aromatic heterocycles. The summed E-state index contributed by atoms with van der Waals surface area (Å²) >= 11 is 6.13. The Labute approximate surface area is 103 Å². The molecule has 16 heavy (non-hydrogen) atoms. The van der Waals surface area contributed by atoms with Crippen molar-refractivity contribution in [2.45, 2.75) is 45.9 Å². The van der Waals surface area contributed by atoms with Crippen LogP contribution in [0.25, 0.3) is 0 Å². The fourth-order valence-electron chi connectivity index (χ4n) is 1.56. The van der Waals surface area contributed by atoms with Gasteiger partial charge in [-0.25, -0.2) is 0 Å². The number of nitrogens with two attached hydrogens (primary N) is 1. The molecule has 0 radical (unpaired) electrons. The van der Waals surface area contributed by atoms with E-state index in [4.69, 9.17) is 22.1 Å². The van der Waals surface area contributed by atoms with Crippen molar-refractivity contribution in [3.8, 4) is 0 Å². The third-order valence-corrected chi connectivity index (χ3v) is 2.92. The van der Waals surface area contributed by atoms with Gasteiger partial charge in [0.05, 0.1) is 12.7 Å². The molecule has 2 nitrogen and oxygen atoms in total. The van der Waals surface area contributed by atoms with Gasteiger partial charge >= 0.3 is 0 Å². The Bertz CT molecular complexity index is 328. The Morgan fingerprint density at radius 2 is 2.19 bits per heavy atom. The summed E-state index contributed by atoms with van der Waals surface area (Å²) in [4.78, 5) is 0. The molecular weight excluding hydrogens is 222 g/mol. The highest BCUT2D eigenvalue weighted by Gasteiger charge is 2.05. The fourth-order valence-corrected chi connectivity index (χ4v) is 1.81. The van der Waals surface area contributed by atoms with Gasteiger partial charge in [-0.3, -0.25) is 0 Å². The zero-order chi connectivity index (χ0) is 12.0. The van der Waals surface area contributed by atoms with Crippen LogP contribution in [0.2, 0.25) is 5.02 Å². The smallest absolute Gasteiger partial charge is 0.0734 e. The first kappa shape index (κ1) is 13.5. The topological polar surface area (TPSA) is 35.2 Å². The summed E-state index contributed by atoms with van der Waals surface area (Å²) < 4.78 is 5.71. The van der Waals surface area contributed by atoms with Crippen molar-refractivity contribution in [1.29, 1.82) is 0 Å². The monoisotopic (exact) mass is 241 g/mol. The van der Waals surface area contributed by atoms with Crippen LogP contribution in [0.3, 0.4) is 0 Å². The molecule has 1 aromatic carbocycles. The van der Waals surface area contributed by atoms with Gasteiger partial charge in [-0.1, -0.05) is 37.1 Å². The van der Waals surface area contributed by atoms with Crippen LogP contribution in [0.15, 0.2) is 18.2 Å². The largest absolute Gasteiger partial charge is 0.374 e. The van der Waals surface area contributed by atoms with E-state index in [0.717, 1.165) is 29.0 Å². The van der Waals surface area contributed by atoms with Gasteiger partial charge in [-0.15, -0.1) is 0 Å². The molecule has 0 fully saturated rings. The molecule has 0 bridgehead atoms. The summed E-state index contributed by atoms with van der Waals surface area (Å²) in [6, 6.07) is 5.89. The van der Waals surface area contributed by atoms with Crippen molar-refractivity contribution in [1.82, 2.24) is 0 Å². The van der Waals surface area contributed by atoms with Gasteiger partial charge in [-0.05, 0) is 30.5 Å². The number of hydrogen-bond donors (Lipinski definition) is 1. The molecule has 1 rings (SSSR count). The molecule has 0 amide bonds. The van der Waals surface area contributed by atoms with E-state index in [9.17, 15) is 0 Å². The third-order valence-electron chi connectivity index (χ3n) is 2.57. The fraction of sp³-hybridized carbons (Fsp3) is 0.538. The van der Waals surface area contributed by atoms with Crippen molar-refractivity contribution >= 4 is 11.6 Å². The predicted molar refractivity (Wildman–Crippen MR) is 68.5 cm³/mol. The van der Waals surface area contributed by atoms with Crippen molar-refractivity contribution in [2.75, 3.05) is 0 Å². The minimum Gasteiger partial charge on any atom is -0.374 e.